The van der Waals surface area contributed by atoms with Crippen molar-refractivity contribution in [1.82, 2.24) is 10.2 Å². The molecule has 2 nitrogen and oxygen atoms in total. The van der Waals surface area contributed by atoms with Gasteiger partial charge < -0.3 is 5.32 Å². The fraction of sp³-hybridized carbons (Fsp3) is 0.692. The lowest BCUT2D eigenvalue weighted by Crippen LogP contribution is -2.29. The molecule has 0 aromatic carbocycles. The smallest absolute Gasteiger partial charge is 0.0328 e. The van der Waals surface area contributed by atoms with Crippen molar-refractivity contribution in [3.63, 3.8) is 0 Å². The molecule has 0 aliphatic rings. The summed E-state index contributed by atoms with van der Waals surface area (Å²) in [6.07, 6.45) is 2.52. The lowest BCUT2D eigenvalue weighted by atomic mass is 10.1. The number of nitrogens with zero attached hydrogens (tertiary/aromatic N) is 1. The largest absolute Gasteiger partial charge is 0.317 e. The molecule has 1 aromatic heterocycles. The fourth-order valence-electron chi connectivity index (χ4n) is 1.76. The van der Waals surface area contributed by atoms with Gasteiger partial charge in [0.2, 0.25) is 0 Å². The highest BCUT2D eigenvalue weighted by molar-refractivity contribution is 9.10. The molecular weight excluding hydrogens is 296 g/mol. The van der Waals surface area contributed by atoms with Crippen LogP contribution in [0.15, 0.2) is 15.9 Å². The molecular formula is C13H23BrN2S. The summed E-state index contributed by atoms with van der Waals surface area (Å²) >= 11 is 5.33. The third kappa shape index (κ3) is 6.00. The molecule has 1 atom stereocenters. The molecule has 1 aromatic rings. The summed E-state index contributed by atoms with van der Waals surface area (Å²) in [6.45, 7) is 7.74. The molecule has 1 unspecified atom stereocenters. The molecule has 0 aliphatic heterocycles. The number of nitrogens with one attached hydrogen (secondary N) is 1. The van der Waals surface area contributed by atoms with Crippen molar-refractivity contribution in [1.29, 1.82) is 0 Å². The van der Waals surface area contributed by atoms with Gasteiger partial charge in [-0.3, -0.25) is 4.90 Å². The van der Waals surface area contributed by atoms with Gasteiger partial charge >= 0.3 is 0 Å². The van der Waals surface area contributed by atoms with Crippen LogP contribution in [0.1, 0.15) is 31.6 Å². The normalized spacial score (nSPS) is 13.2. The Kier molecular flexibility index (Phi) is 7.35. The van der Waals surface area contributed by atoms with Crippen molar-refractivity contribution in [3.8, 4) is 0 Å². The maximum Gasteiger partial charge on any atom is 0.0328 e. The summed E-state index contributed by atoms with van der Waals surface area (Å²) in [5.41, 5.74) is 0. The first kappa shape index (κ1) is 15.2. The Morgan fingerprint density at radius 3 is 2.88 bits per heavy atom. The number of hydrogen-bond acceptors (Lipinski definition) is 3. The van der Waals surface area contributed by atoms with E-state index in [1.54, 1.807) is 0 Å². The van der Waals surface area contributed by atoms with Crippen molar-refractivity contribution in [2.75, 3.05) is 20.1 Å². The van der Waals surface area contributed by atoms with Gasteiger partial charge in [0.15, 0.2) is 0 Å². The molecule has 0 saturated heterocycles. The number of halogens is 1. The predicted molar refractivity (Wildman–Crippen MR) is 80.7 cm³/mol. The van der Waals surface area contributed by atoms with E-state index in [9.17, 15) is 0 Å². The van der Waals surface area contributed by atoms with Crippen molar-refractivity contribution in [3.05, 3.63) is 20.8 Å². The van der Waals surface area contributed by atoms with Gasteiger partial charge in [-0.2, -0.15) is 0 Å². The van der Waals surface area contributed by atoms with Gasteiger partial charge in [0, 0.05) is 27.3 Å². The van der Waals surface area contributed by atoms with Gasteiger partial charge in [-0.25, -0.2) is 0 Å². The Hall–Kier alpha value is 0.1000. The molecule has 0 saturated carbocycles. The van der Waals surface area contributed by atoms with E-state index >= 15 is 0 Å². The summed E-state index contributed by atoms with van der Waals surface area (Å²) in [5, 5.41) is 5.52. The topological polar surface area (TPSA) is 15.3 Å². The van der Waals surface area contributed by atoms with Crippen LogP contribution in [0.3, 0.4) is 0 Å². The molecule has 1 rings (SSSR count). The fourth-order valence-corrected chi connectivity index (χ4v) is 3.27. The van der Waals surface area contributed by atoms with Crippen LogP contribution in [0.4, 0.5) is 0 Å². The Balaban J connectivity index is 2.24. The molecule has 4 heteroatoms. The third-order valence-electron chi connectivity index (χ3n) is 3.00. The summed E-state index contributed by atoms with van der Waals surface area (Å²) in [4.78, 5) is 3.86. The van der Waals surface area contributed by atoms with Crippen LogP contribution < -0.4 is 5.32 Å². The van der Waals surface area contributed by atoms with Crippen LogP contribution >= 0.6 is 27.3 Å². The van der Waals surface area contributed by atoms with Crippen LogP contribution in [0.2, 0.25) is 0 Å². The summed E-state index contributed by atoms with van der Waals surface area (Å²) in [6, 6.07) is 2.86. The van der Waals surface area contributed by atoms with Gasteiger partial charge in [-0.1, -0.05) is 6.92 Å². The number of thiophene rings is 1. The quantitative estimate of drug-likeness (QED) is 0.735. The molecule has 0 radical (unpaired) electrons. The molecule has 1 N–H and O–H groups in total. The van der Waals surface area contributed by atoms with Gasteiger partial charge in [0.05, 0.1) is 0 Å². The standard InChI is InChI=1S/C13H23BrN2S/c1-4-15-7-5-6-11(2)16(3)9-13-8-12(14)10-17-13/h8,10-11,15H,4-7,9H2,1-3H3. The van der Waals surface area contributed by atoms with E-state index in [0.29, 0.717) is 6.04 Å². The highest BCUT2D eigenvalue weighted by Gasteiger charge is 2.10. The van der Waals surface area contributed by atoms with E-state index in [1.807, 2.05) is 11.3 Å². The van der Waals surface area contributed by atoms with Crippen LogP contribution in [0.25, 0.3) is 0 Å². The second-order valence-electron chi connectivity index (χ2n) is 4.49. The second kappa shape index (κ2) is 8.25. The first-order valence-corrected chi connectivity index (χ1v) is 7.94. The zero-order valence-electron chi connectivity index (χ0n) is 11.0. The minimum Gasteiger partial charge on any atom is -0.317 e. The monoisotopic (exact) mass is 318 g/mol. The SMILES string of the molecule is CCNCCCC(C)N(C)Cc1cc(Br)cs1. The highest BCUT2D eigenvalue weighted by atomic mass is 79.9. The molecule has 1 heterocycles. The van der Waals surface area contributed by atoms with Crippen LogP contribution in [0, 0.1) is 0 Å². The van der Waals surface area contributed by atoms with E-state index in [4.69, 9.17) is 0 Å². The zero-order valence-corrected chi connectivity index (χ0v) is 13.4. The third-order valence-corrected chi connectivity index (χ3v) is 4.69. The molecule has 0 amide bonds. The first-order chi connectivity index (χ1) is 8.13. The maximum atomic E-state index is 3.50. The maximum absolute atomic E-state index is 3.50. The second-order valence-corrected chi connectivity index (χ2v) is 6.40. The minimum atomic E-state index is 0.648. The van der Waals surface area contributed by atoms with E-state index in [2.05, 4.69) is 58.5 Å². The average Bonchev–Trinajstić information content (AvgIpc) is 2.70. The molecule has 0 spiro atoms. The lowest BCUT2D eigenvalue weighted by molar-refractivity contribution is 0.236. The van der Waals surface area contributed by atoms with Crippen molar-refractivity contribution >= 4 is 27.3 Å². The zero-order chi connectivity index (χ0) is 12.7. The van der Waals surface area contributed by atoms with Gasteiger partial charge in [0.1, 0.15) is 0 Å². The van der Waals surface area contributed by atoms with Crippen LogP contribution in [-0.4, -0.2) is 31.1 Å². The van der Waals surface area contributed by atoms with Gasteiger partial charge in [-0.05, 0) is 61.9 Å². The van der Waals surface area contributed by atoms with Crippen molar-refractivity contribution < 1.29 is 0 Å². The predicted octanol–water partition coefficient (Wildman–Crippen LogP) is 3.72. The van der Waals surface area contributed by atoms with E-state index in [0.717, 1.165) is 19.6 Å². The average molecular weight is 319 g/mol. The number of hydrogen-bond donors (Lipinski definition) is 1. The van der Waals surface area contributed by atoms with Gasteiger partial charge in [-0.15, -0.1) is 11.3 Å². The molecule has 0 bridgehead atoms. The summed E-state index contributed by atoms with van der Waals surface area (Å²) < 4.78 is 1.20. The Morgan fingerprint density at radius 1 is 1.53 bits per heavy atom. The molecule has 17 heavy (non-hydrogen) atoms. The molecule has 0 aliphatic carbocycles. The van der Waals surface area contributed by atoms with Crippen molar-refractivity contribution in [2.45, 2.75) is 39.3 Å². The summed E-state index contributed by atoms with van der Waals surface area (Å²) in [7, 11) is 2.21. The number of rotatable bonds is 8. The Morgan fingerprint density at radius 2 is 2.29 bits per heavy atom. The van der Waals surface area contributed by atoms with Crippen LogP contribution in [0.5, 0.6) is 0 Å². The van der Waals surface area contributed by atoms with E-state index < -0.39 is 0 Å². The molecule has 98 valence electrons. The Bertz CT molecular complexity index is 314. The van der Waals surface area contributed by atoms with Crippen molar-refractivity contribution in [2.24, 2.45) is 0 Å². The molecule has 0 fully saturated rings. The van der Waals surface area contributed by atoms with Crippen LogP contribution in [-0.2, 0) is 6.54 Å². The highest BCUT2D eigenvalue weighted by Crippen LogP contribution is 2.21. The minimum absolute atomic E-state index is 0.648. The first-order valence-electron chi connectivity index (χ1n) is 6.27. The van der Waals surface area contributed by atoms with E-state index in [1.165, 1.54) is 22.2 Å². The van der Waals surface area contributed by atoms with E-state index in [-0.39, 0.29) is 0 Å². The Labute approximate surface area is 118 Å². The summed E-state index contributed by atoms with van der Waals surface area (Å²) in [5.74, 6) is 0. The van der Waals surface area contributed by atoms with Gasteiger partial charge in [0.25, 0.3) is 0 Å². The lowest BCUT2D eigenvalue weighted by Gasteiger charge is -2.24.